The zero-order chi connectivity index (χ0) is 23.1. The molecule has 0 aliphatic carbocycles. The molecule has 0 aliphatic rings. The number of esters is 1. The van der Waals surface area contributed by atoms with Gasteiger partial charge in [0, 0.05) is 17.1 Å². The quantitative estimate of drug-likeness (QED) is 0.276. The lowest BCUT2D eigenvalue weighted by Crippen LogP contribution is -2.24. The SMILES string of the molecule is Cc1ccc(C(=O)Oc2cc(Br)cc(C=NC(Cc3ccc(O)cc3)C(=O)CO)c2)cc1. The van der Waals surface area contributed by atoms with Crippen LogP contribution in [0.2, 0.25) is 0 Å². The Bertz CT molecular complexity index is 1120. The highest BCUT2D eigenvalue weighted by Crippen LogP contribution is 2.22. The number of aliphatic imine (C=N–C) groups is 1. The zero-order valence-electron chi connectivity index (χ0n) is 17.4. The summed E-state index contributed by atoms with van der Waals surface area (Å²) in [7, 11) is 0. The Hall–Kier alpha value is -3.29. The van der Waals surface area contributed by atoms with E-state index in [0.29, 0.717) is 21.3 Å². The van der Waals surface area contributed by atoms with Crippen LogP contribution in [-0.4, -0.2) is 40.8 Å². The number of ether oxygens (including phenoxy) is 1. The molecule has 3 aromatic carbocycles. The first kappa shape index (κ1) is 23.4. The standard InChI is InChI=1S/C25H22BrNO5/c1-16-2-6-19(7-3-16)25(31)32-22-11-18(10-20(26)13-22)14-27-23(24(30)15-28)12-17-4-8-21(29)9-5-17/h2-11,13-14,23,28-29H,12,15H2,1H3. The Morgan fingerprint density at radius 1 is 1.06 bits per heavy atom. The minimum absolute atomic E-state index is 0.129. The van der Waals surface area contributed by atoms with Crippen molar-refractivity contribution in [3.8, 4) is 11.5 Å². The Morgan fingerprint density at radius 2 is 1.75 bits per heavy atom. The third-order valence-electron chi connectivity index (χ3n) is 4.69. The van der Waals surface area contributed by atoms with Crippen molar-refractivity contribution in [2.75, 3.05) is 6.61 Å². The van der Waals surface area contributed by atoms with Gasteiger partial charge in [-0.15, -0.1) is 0 Å². The summed E-state index contributed by atoms with van der Waals surface area (Å²) >= 11 is 3.40. The van der Waals surface area contributed by atoms with Crippen molar-refractivity contribution >= 4 is 33.9 Å². The third-order valence-corrected chi connectivity index (χ3v) is 5.15. The average molecular weight is 496 g/mol. The Kier molecular flexibility index (Phi) is 7.92. The van der Waals surface area contributed by atoms with Crippen LogP contribution in [0.15, 0.2) is 76.2 Å². The minimum Gasteiger partial charge on any atom is -0.508 e. The molecule has 0 bridgehead atoms. The van der Waals surface area contributed by atoms with Crippen LogP contribution in [0.3, 0.4) is 0 Å². The lowest BCUT2D eigenvalue weighted by atomic mass is 10.0. The van der Waals surface area contributed by atoms with Crippen molar-refractivity contribution in [1.82, 2.24) is 0 Å². The van der Waals surface area contributed by atoms with Crippen molar-refractivity contribution in [2.24, 2.45) is 4.99 Å². The van der Waals surface area contributed by atoms with E-state index in [4.69, 9.17) is 4.74 Å². The van der Waals surface area contributed by atoms with E-state index in [1.54, 1.807) is 42.5 Å². The molecule has 164 valence electrons. The van der Waals surface area contributed by atoms with Crippen LogP contribution in [0.1, 0.15) is 27.0 Å². The molecule has 1 unspecified atom stereocenters. The maximum absolute atomic E-state index is 12.4. The molecule has 1 atom stereocenters. The van der Waals surface area contributed by atoms with Crippen LogP contribution in [0, 0.1) is 6.92 Å². The molecule has 0 aromatic heterocycles. The number of carbonyl (C=O) groups excluding carboxylic acids is 2. The van der Waals surface area contributed by atoms with Crippen molar-refractivity contribution in [2.45, 2.75) is 19.4 Å². The van der Waals surface area contributed by atoms with E-state index in [-0.39, 0.29) is 12.2 Å². The van der Waals surface area contributed by atoms with Crippen molar-refractivity contribution < 1.29 is 24.5 Å². The van der Waals surface area contributed by atoms with Gasteiger partial charge in [-0.2, -0.15) is 0 Å². The average Bonchev–Trinajstić information content (AvgIpc) is 2.77. The van der Waals surface area contributed by atoms with Crippen molar-refractivity contribution in [3.63, 3.8) is 0 Å². The van der Waals surface area contributed by atoms with Crippen LogP contribution >= 0.6 is 15.9 Å². The smallest absolute Gasteiger partial charge is 0.343 e. The minimum atomic E-state index is -0.790. The van der Waals surface area contributed by atoms with Gasteiger partial charge in [-0.3, -0.25) is 9.79 Å². The lowest BCUT2D eigenvalue weighted by Gasteiger charge is -2.11. The fraction of sp³-hybridized carbons (Fsp3) is 0.160. The summed E-state index contributed by atoms with van der Waals surface area (Å²) in [6.45, 7) is 1.31. The number of ketones is 1. The van der Waals surface area contributed by atoms with Gasteiger partial charge in [0.1, 0.15) is 24.1 Å². The molecule has 0 amide bonds. The number of Topliss-reactive ketones (excluding diaryl/α,β-unsaturated/α-hetero) is 1. The molecule has 2 N–H and O–H groups in total. The highest BCUT2D eigenvalue weighted by molar-refractivity contribution is 9.10. The number of aromatic hydroxyl groups is 1. The molecular formula is C25H22BrNO5. The summed E-state index contributed by atoms with van der Waals surface area (Å²) in [5.41, 5.74) is 2.90. The predicted octanol–water partition coefficient (Wildman–Crippen LogP) is 4.27. The number of nitrogens with zero attached hydrogens (tertiary/aromatic N) is 1. The van der Waals surface area contributed by atoms with Gasteiger partial charge in [0.2, 0.25) is 0 Å². The number of hydrogen-bond acceptors (Lipinski definition) is 6. The molecule has 32 heavy (non-hydrogen) atoms. The Morgan fingerprint density at radius 3 is 2.41 bits per heavy atom. The van der Waals surface area contributed by atoms with E-state index in [1.165, 1.54) is 18.3 Å². The van der Waals surface area contributed by atoms with E-state index in [0.717, 1.165) is 11.1 Å². The molecule has 0 radical (unpaired) electrons. The normalized spacial score (nSPS) is 12.0. The molecule has 3 rings (SSSR count). The van der Waals surface area contributed by atoms with Crippen LogP contribution in [0.4, 0.5) is 0 Å². The summed E-state index contributed by atoms with van der Waals surface area (Å²) < 4.78 is 6.16. The second-order valence-electron chi connectivity index (χ2n) is 7.26. The maximum atomic E-state index is 12.4. The molecule has 3 aromatic rings. The topological polar surface area (TPSA) is 96.2 Å². The largest absolute Gasteiger partial charge is 0.508 e. The predicted molar refractivity (Wildman–Crippen MR) is 126 cm³/mol. The van der Waals surface area contributed by atoms with Gasteiger partial charge < -0.3 is 14.9 Å². The number of rotatable bonds is 8. The summed E-state index contributed by atoms with van der Waals surface area (Å²) in [4.78, 5) is 28.9. The fourth-order valence-electron chi connectivity index (χ4n) is 2.96. The van der Waals surface area contributed by atoms with Gasteiger partial charge in [0.05, 0.1) is 5.56 Å². The van der Waals surface area contributed by atoms with Crippen molar-refractivity contribution in [3.05, 3.63) is 93.5 Å². The second-order valence-corrected chi connectivity index (χ2v) is 8.18. The molecule has 0 saturated heterocycles. The second kappa shape index (κ2) is 10.8. The number of halogens is 1. The van der Waals surface area contributed by atoms with Crippen LogP contribution in [-0.2, 0) is 11.2 Å². The first-order valence-corrected chi connectivity index (χ1v) is 10.7. The number of aryl methyl sites for hydroxylation is 1. The van der Waals surface area contributed by atoms with Crippen LogP contribution < -0.4 is 4.74 Å². The van der Waals surface area contributed by atoms with E-state index >= 15 is 0 Å². The number of benzene rings is 3. The molecule has 0 saturated carbocycles. The Balaban J connectivity index is 1.77. The molecule has 7 heteroatoms. The number of carbonyl (C=O) groups is 2. The molecule has 0 fully saturated rings. The highest BCUT2D eigenvalue weighted by atomic mass is 79.9. The molecule has 0 aliphatic heterocycles. The van der Waals surface area contributed by atoms with Gasteiger partial charge in [0.15, 0.2) is 5.78 Å². The number of aliphatic hydroxyl groups excluding tert-OH is 1. The van der Waals surface area contributed by atoms with Gasteiger partial charge in [-0.25, -0.2) is 4.79 Å². The summed E-state index contributed by atoms with van der Waals surface area (Å²) in [6.07, 6.45) is 1.78. The first-order chi connectivity index (χ1) is 15.3. The van der Waals surface area contributed by atoms with E-state index < -0.39 is 24.4 Å². The number of phenolic OH excluding ortho intramolecular Hbond substituents is 1. The first-order valence-electron chi connectivity index (χ1n) is 9.88. The number of phenols is 1. The van der Waals surface area contributed by atoms with Gasteiger partial charge in [-0.1, -0.05) is 45.8 Å². The maximum Gasteiger partial charge on any atom is 0.343 e. The Labute approximate surface area is 194 Å². The summed E-state index contributed by atoms with van der Waals surface area (Å²) in [5, 5.41) is 18.7. The molecular weight excluding hydrogens is 474 g/mol. The lowest BCUT2D eigenvalue weighted by molar-refractivity contribution is -0.122. The molecule has 6 nitrogen and oxygen atoms in total. The monoisotopic (exact) mass is 495 g/mol. The molecule has 0 spiro atoms. The fourth-order valence-corrected chi connectivity index (χ4v) is 3.45. The molecule has 0 heterocycles. The van der Waals surface area contributed by atoms with Crippen LogP contribution in [0.5, 0.6) is 11.5 Å². The van der Waals surface area contributed by atoms with Gasteiger partial charge in [0.25, 0.3) is 0 Å². The third kappa shape index (κ3) is 6.60. The van der Waals surface area contributed by atoms with Crippen LogP contribution in [0.25, 0.3) is 0 Å². The number of aliphatic hydroxyl groups is 1. The van der Waals surface area contributed by atoms with E-state index in [1.807, 2.05) is 19.1 Å². The summed E-state index contributed by atoms with van der Waals surface area (Å²) in [6, 6.07) is 17.8. The summed E-state index contributed by atoms with van der Waals surface area (Å²) in [5.74, 6) is -0.443. The zero-order valence-corrected chi connectivity index (χ0v) is 19.0. The van der Waals surface area contributed by atoms with Gasteiger partial charge in [-0.05, 0) is 60.5 Å². The number of hydrogen-bond donors (Lipinski definition) is 2. The van der Waals surface area contributed by atoms with Gasteiger partial charge >= 0.3 is 5.97 Å². The van der Waals surface area contributed by atoms with Crippen molar-refractivity contribution in [1.29, 1.82) is 0 Å². The highest BCUT2D eigenvalue weighted by Gasteiger charge is 2.17. The van der Waals surface area contributed by atoms with E-state index in [9.17, 15) is 19.8 Å². The van der Waals surface area contributed by atoms with E-state index in [2.05, 4.69) is 20.9 Å².